The molecule has 0 bridgehead atoms. The van der Waals surface area contributed by atoms with Crippen LogP contribution in [-0.4, -0.2) is 23.5 Å². The first kappa shape index (κ1) is 34.9. The number of aryl methyl sites for hydroxylation is 2. The molecule has 0 fully saturated rings. The molecule has 0 heterocycles. The molecule has 0 unspecified atom stereocenters. The van der Waals surface area contributed by atoms with Crippen molar-refractivity contribution in [2.24, 2.45) is 0 Å². The molecule has 0 atom stereocenters. The summed E-state index contributed by atoms with van der Waals surface area (Å²) in [6.07, 6.45) is 1.54. The summed E-state index contributed by atoms with van der Waals surface area (Å²) in [6, 6.07) is 29.4. The van der Waals surface area contributed by atoms with E-state index in [0.717, 1.165) is 16.1 Å². The van der Waals surface area contributed by atoms with Crippen molar-refractivity contribution in [3.63, 3.8) is 0 Å². The van der Waals surface area contributed by atoms with Gasteiger partial charge in [0.1, 0.15) is 18.4 Å². The fourth-order valence-corrected chi connectivity index (χ4v) is 3.41. The quantitative estimate of drug-likeness (QED) is 0.231. The Kier molecular flexibility index (Phi) is 18.5. The molecule has 0 aliphatic rings. The molecule has 4 nitrogen and oxygen atoms in total. The number of thiol groups is 1. The SMILES string of the molecule is C.Cc1ccc(S)cc1.Cc1ccc(Sc2ccc(C=O)cc2)cc1.O.O.O=Cc1ccc(F)cc1. The van der Waals surface area contributed by atoms with Gasteiger partial charge in [-0.3, -0.25) is 9.59 Å². The van der Waals surface area contributed by atoms with Gasteiger partial charge in [0, 0.05) is 25.8 Å². The van der Waals surface area contributed by atoms with Crippen LogP contribution in [0.2, 0.25) is 0 Å². The third-order valence-corrected chi connectivity index (χ3v) is 5.63. The molecular weight excluding hydrogens is 495 g/mol. The van der Waals surface area contributed by atoms with Gasteiger partial charge in [0.05, 0.1) is 0 Å². The zero-order valence-corrected chi connectivity index (χ0v) is 21.2. The van der Waals surface area contributed by atoms with E-state index in [1.54, 1.807) is 11.8 Å². The van der Waals surface area contributed by atoms with E-state index in [4.69, 9.17) is 0 Å². The van der Waals surface area contributed by atoms with E-state index < -0.39 is 0 Å². The number of benzene rings is 4. The lowest BCUT2D eigenvalue weighted by Gasteiger charge is -2.02. The Morgan fingerprint density at radius 3 is 1.31 bits per heavy atom. The summed E-state index contributed by atoms with van der Waals surface area (Å²) in [5.74, 6) is -0.319. The molecule has 0 aliphatic heterocycles. The summed E-state index contributed by atoms with van der Waals surface area (Å²) in [4.78, 5) is 23.9. The molecule has 0 saturated carbocycles. The van der Waals surface area contributed by atoms with Gasteiger partial charge in [-0.25, -0.2) is 4.39 Å². The van der Waals surface area contributed by atoms with Gasteiger partial charge in [-0.05, 0) is 74.5 Å². The molecule has 36 heavy (non-hydrogen) atoms. The van der Waals surface area contributed by atoms with Crippen molar-refractivity contribution >= 4 is 37.0 Å². The predicted octanol–water partition coefficient (Wildman–Crippen LogP) is 6.87. The van der Waals surface area contributed by atoms with Gasteiger partial charge >= 0.3 is 0 Å². The van der Waals surface area contributed by atoms with Crippen LogP contribution in [-0.2, 0) is 0 Å². The minimum absolute atomic E-state index is 0. The first-order valence-electron chi connectivity index (χ1n) is 10.2. The maximum atomic E-state index is 12.1. The van der Waals surface area contributed by atoms with Crippen molar-refractivity contribution in [1.29, 1.82) is 0 Å². The number of hydrogen-bond acceptors (Lipinski definition) is 4. The normalized spacial score (nSPS) is 8.78. The molecule has 0 amide bonds. The minimum atomic E-state index is -0.319. The molecule has 4 aromatic carbocycles. The van der Waals surface area contributed by atoms with E-state index >= 15 is 0 Å². The topological polar surface area (TPSA) is 97.1 Å². The van der Waals surface area contributed by atoms with Crippen molar-refractivity contribution in [3.05, 3.63) is 125 Å². The predicted molar refractivity (Wildman–Crippen MR) is 151 cm³/mol. The second-order valence-corrected chi connectivity index (χ2v) is 8.77. The standard InChI is InChI=1S/C14H12OS.C7H5FO.C7H8S.CH4.2H2O/c1-11-2-6-13(7-3-11)16-14-8-4-12(10-15)5-9-14;8-7-3-1-6(5-9)2-4-7;1-6-2-4-7(8)5-3-6;;;/h2-10H,1H3;1-5H;2-5,8H,1H3;1H4;2*1H2. The summed E-state index contributed by atoms with van der Waals surface area (Å²) in [5, 5.41) is 0. The van der Waals surface area contributed by atoms with E-state index in [9.17, 15) is 14.0 Å². The lowest BCUT2D eigenvalue weighted by molar-refractivity contribution is 0.111. The highest BCUT2D eigenvalue weighted by molar-refractivity contribution is 7.99. The Morgan fingerprint density at radius 2 is 0.944 bits per heavy atom. The lowest BCUT2D eigenvalue weighted by Crippen LogP contribution is -1.79. The molecule has 0 saturated heterocycles. The smallest absolute Gasteiger partial charge is 0.150 e. The van der Waals surface area contributed by atoms with Crippen LogP contribution >= 0.6 is 24.4 Å². The third-order valence-electron chi connectivity index (χ3n) is 4.31. The molecule has 0 aliphatic carbocycles. The number of carbonyl (C=O) groups is 2. The van der Waals surface area contributed by atoms with Gasteiger partial charge in [0.25, 0.3) is 0 Å². The van der Waals surface area contributed by atoms with Crippen LogP contribution in [0.1, 0.15) is 39.3 Å². The van der Waals surface area contributed by atoms with Crippen molar-refractivity contribution in [2.75, 3.05) is 0 Å². The van der Waals surface area contributed by atoms with Crippen LogP contribution in [0.25, 0.3) is 0 Å². The van der Waals surface area contributed by atoms with Crippen molar-refractivity contribution < 1.29 is 24.9 Å². The number of carbonyl (C=O) groups excluding carboxylic acids is 2. The van der Waals surface area contributed by atoms with E-state index in [1.165, 1.54) is 40.3 Å². The number of hydrogen-bond donors (Lipinski definition) is 1. The zero-order valence-electron chi connectivity index (χ0n) is 19.4. The summed E-state index contributed by atoms with van der Waals surface area (Å²) in [7, 11) is 0. The molecule has 0 spiro atoms. The molecule has 0 aromatic heterocycles. The van der Waals surface area contributed by atoms with Gasteiger partial charge < -0.3 is 11.0 Å². The van der Waals surface area contributed by atoms with E-state index in [2.05, 4.69) is 50.7 Å². The zero-order chi connectivity index (χ0) is 24.1. The highest BCUT2D eigenvalue weighted by Gasteiger charge is 1.97. The first-order chi connectivity index (χ1) is 15.9. The summed E-state index contributed by atoms with van der Waals surface area (Å²) >= 11 is 5.83. The van der Waals surface area contributed by atoms with Crippen LogP contribution in [0.5, 0.6) is 0 Å². The van der Waals surface area contributed by atoms with Gasteiger partial charge in [0.15, 0.2) is 0 Å². The third kappa shape index (κ3) is 13.6. The maximum absolute atomic E-state index is 12.1. The van der Waals surface area contributed by atoms with Crippen LogP contribution in [0.15, 0.2) is 112 Å². The Balaban J connectivity index is 0. The van der Waals surface area contributed by atoms with Gasteiger partial charge in [-0.1, -0.05) is 66.7 Å². The van der Waals surface area contributed by atoms with Gasteiger partial charge in [0.2, 0.25) is 0 Å². The highest BCUT2D eigenvalue weighted by Crippen LogP contribution is 2.27. The van der Waals surface area contributed by atoms with Gasteiger partial charge in [-0.2, -0.15) is 0 Å². The number of rotatable bonds is 4. The van der Waals surface area contributed by atoms with E-state index in [1.807, 2.05) is 48.5 Å². The maximum Gasteiger partial charge on any atom is 0.150 e. The van der Waals surface area contributed by atoms with Crippen molar-refractivity contribution in [2.45, 2.75) is 36.0 Å². The second-order valence-electron chi connectivity index (χ2n) is 7.11. The first-order valence-corrected chi connectivity index (χ1v) is 11.4. The Morgan fingerprint density at radius 1 is 0.611 bits per heavy atom. The summed E-state index contributed by atoms with van der Waals surface area (Å²) in [5.41, 5.74) is 3.76. The molecule has 192 valence electrons. The minimum Gasteiger partial charge on any atom is -0.412 e. The van der Waals surface area contributed by atoms with E-state index in [-0.39, 0.29) is 24.2 Å². The van der Waals surface area contributed by atoms with Crippen LogP contribution < -0.4 is 0 Å². The van der Waals surface area contributed by atoms with Gasteiger partial charge in [-0.15, -0.1) is 12.6 Å². The molecular formula is C29H33FO4S2. The molecule has 7 heteroatoms. The van der Waals surface area contributed by atoms with Crippen molar-refractivity contribution in [3.8, 4) is 0 Å². The fraction of sp³-hybridized carbons (Fsp3) is 0.103. The largest absolute Gasteiger partial charge is 0.412 e. The number of aldehydes is 2. The van der Waals surface area contributed by atoms with Crippen LogP contribution in [0, 0.1) is 19.7 Å². The average Bonchev–Trinajstić information content (AvgIpc) is 2.84. The Bertz CT molecular complexity index is 1110. The monoisotopic (exact) mass is 528 g/mol. The van der Waals surface area contributed by atoms with Crippen molar-refractivity contribution in [1.82, 2.24) is 0 Å². The fourth-order valence-electron chi connectivity index (χ4n) is 2.44. The average molecular weight is 529 g/mol. The van der Waals surface area contributed by atoms with Crippen LogP contribution in [0.3, 0.4) is 0 Å². The van der Waals surface area contributed by atoms with E-state index in [0.29, 0.717) is 17.4 Å². The second kappa shape index (κ2) is 19.0. The molecule has 0 radical (unpaired) electrons. The highest BCUT2D eigenvalue weighted by atomic mass is 32.2. The molecule has 4 rings (SSSR count). The Hall–Kier alpha value is -3.23. The molecule has 4 N–H and O–H groups in total. The summed E-state index contributed by atoms with van der Waals surface area (Å²) < 4.78 is 12.1. The number of halogens is 1. The molecule has 4 aromatic rings. The van der Waals surface area contributed by atoms with Crippen LogP contribution in [0.4, 0.5) is 4.39 Å². The summed E-state index contributed by atoms with van der Waals surface area (Å²) in [6.45, 7) is 4.14. The Labute approximate surface area is 222 Å². The lowest BCUT2D eigenvalue weighted by atomic mass is 10.2.